The van der Waals surface area contributed by atoms with Gasteiger partial charge in [-0.2, -0.15) is 0 Å². The van der Waals surface area contributed by atoms with Crippen LogP contribution in [0.25, 0.3) is 0 Å². The minimum absolute atomic E-state index is 0.670. The number of methoxy groups -OCH3 is 2. The molecule has 3 nitrogen and oxygen atoms in total. The lowest BCUT2D eigenvalue weighted by molar-refractivity contribution is 0.350. The van der Waals surface area contributed by atoms with Crippen LogP contribution in [-0.4, -0.2) is 20.8 Å². The summed E-state index contributed by atoms with van der Waals surface area (Å²) in [5, 5.41) is 4.12. The molecule has 0 unspecified atom stereocenters. The van der Waals surface area contributed by atoms with E-state index in [4.69, 9.17) is 21.1 Å². The Morgan fingerprint density at radius 2 is 1.71 bits per heavy atom. The Labute approximate surface area is 134 Å². The largest absolute Gasteiger partial charge is 0.493 e. The van der Waals surface area contributed by atoms with Crippen LogP contribution in [-0.2, 0) is 6.54 Å². The number of halogens is 1. The molecular weight excluding hydrogens is 286 g/mol. The summed E-state index contributed by atoms with van der Waals surface area (Å²) in [4.78, 5) is 0. The van der Waals surface area contributed by atoms with Gasteiger partial charge in [0.05, 0.1) is 14.2 Å². The van der Waals surface area contributed by atoms with Gasteiger partial charge in [0.25, 0.3) is 0 Å². The molecule has 0 aliphatic rings. The molecule has 21 heavy (non-hydrogen) atoms. The summed E-state index contributed by atoms with van der Waals surface area (Å²) in [7, 11) is 3.28. The van der Waals surface area contributed by atoms with E-state index in [-0.39, 0.29) is 0 Å². The number of ether oxygens (including phenoxy) is 2. The molecule has 4 heteroatoms. The summed E-state index contributed by atoms with van der Waals surface area (Å²) in [5.41, 5.74) is 1.04. The molecule has 1 rings (SSSR count). The van der Waals surface area contributed by atoms with Gasteiger partial charge >= 0.3 is 0 Å². The van der Waals surface area contributed by atoms with Crippen LogP contribution >= 0.6 is 11.6 Å². The molecule has 0 spiro atoms. The minimum atomic E-state index is 0.670. The summed E-state index contributed by atoms with van der Waals surface area (Å²) in [5.74, 6) is 1.44. The lowest BCUT2D eigenvalue weighted by atomic mass is 10.1. The van der Waals surface area contributed by atoms with Crippen molar-refractivity contribution in [1.82, 2.24) is 5.32 Å². The van der Waals surface area contributed by atoms with Gasteiger partial charge in [0.1, 0.15) is 0 Å². The van der Waals surface area contributed by atoms with Crippen molar-refractivity contribution in [1.29, 1.82) is 0 Å². The van der Waals surface area contributed by atoms with Crippen LogP contribution in [0.2, 0.25) is 5.02 Å². The van der Waals surface area contributed by atoms with Crippen molar-refractivity contribution in [2.75, 3.05) is 20.8 Å². The molecule has 1 aromatic rings. The maximum absolute atomic E-state index is 6.11. The maximum Gasteiger partial charge on any atom is 0.165 e. The first kappa shape index (κ1) is 18.1. The van der Waals surface area contributed by atoms with Crippen LogP contribution in [0.4, 0.5) is 0 Å². The van der Waals surface area contributed by atoms with Gasteiger partial charge in [0.15, 0.2) is 11.5 Å². The van der Waals surface area contributed by atoms with E-state index in [1.54, 1.807) is 20.3 Å². The van der Waals surface area contributed by atoms with Crippen LogP contribution in [0, 0.1) is 0 Å². The SMILES string of the molecule is CCCCCCCCNCc1cc(Cl)cc(OC)c1OC. The fraction of sp³-hybridized carbons (Fsp3) is 0.647. The monoisotopic (exact) mass is 313 g/mol. The van der Waals surface area contributed by atoms with Crippen molar-refractivity contribution in [3.8, 4) is 11.5 Å². The molecule has 0 heterocycles. The number of hydrogen-bond acceptors (Lipinski definition) is 3. The van der Waals surface area contributed by atoms with E-state index in [1.165, 1.54) is 38.5 Å². The highest BCUT2D eigenvalue weighted by Crippen LogP contribution is 2.34. The Kier molecular flexibility index (Phi) is 9.27. The van der Waals surface area contributed by atoms with Crippen molar-refractivity contribution >= 4 is 11.6 Å². The molecule has 0 saturated heterocycles. The molecule has 0 aliphatic heterocycles. The second kappa shape index (κ2) is 10.7. The van der Waals surface area contributed by atoms with Gasteiger partial charge in [0, 0.05) is 23.2 Å². The predicted octanol–water partition coefficient (Wildman–Crippen LogP) is 4.81. The number of nitrogens with one attached hydrogen (secondary N) is 1. The second-order valence-corrected chi connectivity index (χ2v) is 5.68. The van der Waals surface area contributed by atoms with Crippen LogP contribution in [0.3, 0.4) is 0 Å². The van der Waals surface area contributed by atoms with Gasteiger partial charge < -0.3 is 14.8 Å². The Morgan fingerprint density at radius 1 is 1.00 bits per heavy atom. The van der Waals surface area contributed by atoms with Crippen molar-refractivity contribution in [3.63, 3.8) is 0 Å². The Morgan fingerprint density at radius 3 is 2.38 bits per heavy atom. The molecule has 1 N–H and O–H groups in total. The lowest BCUT2D eigenvalue weighted by Crippen LogP contribution is -2.15. The second-order valence-electron chi connectivity index (χ2n) is 5.24. The van der Waals surface area contributed by atoms with Crippen LogP contribution in [0.5, 0.6) is 11.5 Å². The molecule has 0 radical (unpaired) electrons. The first-order valence-corrected chi connectivity index (χ1v) is 8.21. The average molecular weight is 314 g/mol. The first-order chi connectivity index (χ1) is 10.2. The summed E-state index contributed by atoms with van der Waals surface area (Å²) in [6.07, 6.45) is 7.86. The Bertz CT molecular complexity index is 410. The molecule has 0 atom stereocenters. The molecule has 0 saturated carbocycles. The molecule has 120 valence electrons. The Hall–Kier alpha value is -0.930. The van der Waals surface area contributed by atoms with E-state index in [1.807, 2.05) is 6.07 Å². The third-order valence-electron chi connectivity index (χ3n) is 3.54. The quantitative estimate of drug-likeness (QED) is 0.595. The summed E-state index contributed by atoms with van der Waals surface area (Å²) in [6.45, 7) is 4.01. The normalized spacial score (nSPS) is 10.7. The van der Waals surface area contributed by atoms with Gasteiger partial charge in [0.2, 0.25) is 0 Å². The van der Waals surface area contributed by atoms with Gasteiger partial charge in [-0.3, -0.25) is 0 Å². The summed E-state index contributed by atoms with van der Waals surface area (Å²) in [6, 6.07) is 3.70. The third kappa shape index (κ3) is 6.58. The first-order valence-electron chi connectivity index (χ1n) is 7.84. The standard InChI is InChI=1S/C17H28ClNO2/c1-4-5-6-7-8-9-10-19-13-14-11-15(18)12-16(20-2)17(14)21-3/h11-12,19H,4-10,13H2,1-3H3. The molecule has 0 fully saturated rings. The fourth-order valence-electron chi connectivity index (χ4n) is 2.39. The molecular formula is C17H28ClNO2. The molecule has 0 aromatic heterocycles. The Balaban J connectivity index is 2.36. The van der Waals surface area contributed by atoms with Crippen molar-refractivity contribution in [3.05, 3.63) is 22.7 Å². The highest BCUT2D eigenvalue weighted by atomic mass is 35.5. The van der Waals surface area contributed by atoms with E-state index in [0.29, 0.717) is 10.8 Å². The molecule has 0 amide bonds. The van der Waals surface area contributed by atoms with Crippen LogP contribution < -0.4 is 14.8 Å². The number of benzene rings is 1. The summed E-state index contributed by atoms with van der Waals surface area (Å²) < 4.78 is 10.7. The van der Waals surface area contributed by atoms with E-state index in [0.717, 1.165) is 24.4 Å². The lowest BCUT2D eigenvalue weighted by Gasteiger charge is -2.14. The molecule has 1 aromatic carbocycles. The minimum Gasteiger partial charge on any atom is -0.493 e. The average Bonchev–Trinajstić information content (AvgIpc) is 2.49. The van der Waals surface area contributed by atoms with Gasteiger partial charge in [-0.25, -0.2) is 0 Å². The number of unbranched alkanes of at least 4 members (excludes halogenated alkanes) is 5. The van der Waals surface area contributed by atoms with Crippen LogP contribution in [0.1, 0.15) is 51.0 Å². The van der Waals surface area contributed by atoms with Gasteiger partial charge in [-0.15, -0.1) is 0 Å². The van der Waals surface area contributed by atoms with Gasteiger partial charge in [-0.1, -0.05) is 50.6 Å². The molecule has 0 aliphatic carbocycles. The van der Waals surface area contributed by atoms with E-state index < -0.39 is 0 Å². The summed E-state index contributed by atoms with van der Waals surface area (Å²) >= 11 is 6.11. The van der Waals surface area contributed by atoms with Gasteiger partial charge in [-0.05, 0) is 19.0 Å². The molecule has 0 bridgehead atoms. The smallest absolute Gasteiger partial charge is 0.165 e. The van der Waals surface area contributed by atoms with Crippen molar-refractivity contribution in [2.24, 2.45) is 0 Å². The predicted molar refractivity (Wildman–Crippen MR) is 89.6 cm³/mol. The van der Waals surface area contributed by atoms with E-state index >= 15 is 0 Å². The van der Waals surface area contributed by atoms with E-state index in [9.17, 15) is 0 Å². The highest BCUT2D eigenvalue weighted by molar-refractivity contribution is 6.30. The topological polar surface area (TPSA) is 30.5 Å². The third-order valence-corrected chi connectivity index (χ3v) is 3.76. The van der Waals surface area contributed by atoms with E-state index in [2.05, 4.69) is 12.2 Å². The number of hydrogen-bond donors (Lipinski definition) is 1. The van der Waals surface area contributed by atoms with Crippen molar-refractivity contribution < 1.29 is 9.47 Å². The maximum atomic E-state index is 6.11. The zero-order valence-corrected chi connectivity index (χ0v) is 14.3. The fourth-order valence-corrected chi connectivity index (χ4v) is 2.62. The zero-order valence-electron chi connectivity index (χ0n) is 13.5. The van der Waals surface area contributed by atoms with Crippen LogP contribution in [0.15, 0.2) is 12.1 Å². The number of rotatable bonds is 11. The highest BCUT2D eigenvalue weighted by Gasteiger charge is 2.11. The van der Waals surface area contributed by atoms with Crippen molar-refractivity contribution in [2.45, 2.75) is 52.0 Å². The zero-order chi connectivity index (χ0) is 15.5.